The van der Waals surface area contributed by atoms with Gasteiger partial charge in [-0.15, -0.1) is 0 Å². The molecule has 0 aliphatic carbocycles. The van der Waals surface area contributed by atoms with Crippen molar-refractivity contribution in [1.82, 2.24) is 0 Å². The molecule has 0 saturated carbocycles. The number of hydrogen-bond acceptors (Lipinski definition) is 5. The zero-order valence-corrected chi connectivity index (χ0v) is 5.06. The molecule has 0 bridgehead atoms. The molecule has 0 atom stereocenters. The van der Waals surface area contributed by atoms with Gasteiger partial charge in [0.05, 0.1) is 6.61 Å². The van der Waals surface area contributed by atoms with Crippen molar-refractivity contribution in [2.75, 3.05) is 13.2 Å². The van der Waals surface area contributed by atoms with Crippen LogP contribution in [0.1, 0.15) is 0 Å². The van der Waals surface area contributed by atoms with Gasteiger partial charge in [0.1, 0.15) is 6.61 Å². The number of carbonyl (C=O) groups is 1. The van der Waals surface area contributed by atoms with Gasteiger partial charge in [0, 0.05) is 0 Å². The summed E-state index contributed by atoms with van der Waals surface area (Å²) in [5.74, 6) is 0. The van der Waals surface area contributed by atoms with Crippen LogP contribution in [-0.4, -0.2) is 41.2 Å². The predicted molar refractivity (Wildman–Crippen MR) is 28.2 cm³/mol. The topological polar surface area (TPSA) is 96.2 Å². The van der Waals surface area contributed by atoms with Gasteiger partial charge in [-0.25, -0.2) is 4.79 Å². The summed E-state index contributed by atoms with van der Waals surface area (Å²) in [6.45, 7) is -2.27. The molecule has 0 aliphatic rings. The third-order valence-corrected chi connectivity index (χ3v) is 0.576. The Balaban J connectivity index is 2.98. The van der Waals surface area contributed by atoms with Crippen LogP contribution in [0.3, 0.4) is 0 Å². The molecular weight excluding hydrogens is 144 g/mol. The fraction of sp³-hybridized carbons (Fsp3) is 0.750. The van der Waals surface area contributed by atoms with Crippen LogP contribution in [0.4, 0.5) is 4.79 Å². The lowest BCUT2D eigenvalue weighted by molar-refractivity contribution is -0.236. The van der Waals surface area contributed by atoms with Crippen molar-refractivity contribution in [3.05, 3.63) is 0 Å². The van der Waals surface area contributed by atoms with E-state index in [1.165, 1.54) is 0 Å². The molecule has 0 unspecified atom stereocenters. The van der Waals surface area contributed by atoms with E-state index < -0.39 is 12.6 Å². The highest BCUT2D eigenvalue weighted by Gasteiger charge is 1.98. The first-order valence-electron chi connectivity index (χ1n) is 2.46. The minimum absolute atomic E-state index is 0.177. The lowest BCUT2D eigenvalue weighted by Gasteiger charge is -2.03. The van der Waals surface area contributed by atoms with E-state index in [-0.39, 0.29) is 13.2 Å². The Morgan fingerprint density at radius 3 is 2.40 bits per heavy atom. The van der Waals surface area contributed by atoms with Crippen molar-refractivity contribution in [2.45, 2.75) is 6.48 Å². The maximum absolute atomic E-state index is 9.64. The lowest BCUT2D eigenvalue weighted by Crippen LogP contribution is -2.15. The van der Waals surface area contributed by atoms with E-state index in [4.69, 9.17) is 15.3 Å². The van der Waals surface area contributed by atoms with Crippen molar-refractivity contribution in [2.24, 2.45) is 0 Å². The zero-order chi connectivity index (χ0) is 7.98. The average Bonchev–Trinajstić information content (AvgIpc) is 1.79. The maximum Gasteiger partial charge on any atom is 0.505 e. The minimum atomic E-state index is -1.88. The van der Waals surface area contributed by atoms with Crippen LogP contribution in [0.5, 0.6) is 0 Å². The lowest BCUT2D eigenvalue weighted by atomic mass is 10.8. The van der Waals surface area contributed by atoms with Gasteiger partial charge < -0.3 is 24.8 Å². The number of aliphatic hydroxyl groups excluding tert-OH is 1. The van der Waals surface area contributed by atoms with Crippen LogP contribution in [-0.2, 0) is 9.47 Å². The Kier molecular flexibility index (Phi) is 4.55. The van der Waals surface area contributed by atoms with Crippen LogP contribution in [0.15, 0.2) is 0 Å². The monoisotopic (exact) mass is 152 g/mol. The molecule has 0 heterocycles. The van der Waals surface area contributed by atoms with Crippen LogP contribution in [0.25, 0.3) is 0 Å². The Morgan fingerprint density at radius 2 is 2.00 bits per heavy atom. The van der Waals surface area contributed by atoms with Crippen LogP contribution in [0, 0.1) is 0 Å². The first-order valence-corrected chi connectivity index (χ1v) is 2.46. The first-order chi connectivity index (χ1) is 4.63. The molecule has 0 aliphatic heterocycles. The molecule has 0 rings (SSSR count). The Bertz CT molecular complexity index is 99.9. The normalized spacial score (nSPS) is 9.90. The van der Waals surface area contributed by atoms with Gasteiger partial charge >= 0.3 is 6.16 Å². The van der Waals surface area contributed by atoms with E-state index in [1.807, 2.05) is 0 Å². The van der Waals surface area contributed by atoms with E-state index in [9.17, 15) is 4.79 Å². The molecule has 6 nitrogen and oxygen atoms in total. The summed E-state index contributed by atoms with van der Waals surface area (Å²) in [6, 6.07) is 0. The van der Waals surface area contributed by atoms with Crippen molar-refractivity contribution in [1.29, 1.82) is 0 Å². The van der Waals surface area contributed by atoms with E-state index in [1.54, 1.807) is 0 Å². The summed E-state index contributed by atoms with van der Waals surface area (Å²) in [6.07, 6.45) is -1.42. The highest BCUT2D eigenvalue weighted by atomic mass is 16.7. The van der Waals surface area contributed by atoms with Gasteiger partial charge in [0.2, 0.25) is 0 Å². The van der Waals surface area contributed by atoms with Crippen molar-refractivity contribution < 1.29 is 29.6 Å². The molecule has 0 amide bonds. The molecule has 10 heavy (non-hydrogen) atoms. The van der Waals surface area contributed by atoms with Gasteiger partial charge in [-0.2, -0.15) is 0 Å². The predicted octanol–water partition coefficient (Wildman–Crippen LogP) is -1.03. The Morgan fingerprint density at radius 1 is 1.40 bits per heavy atom. The smallest absolute Gasteiger partial charge is 0.450 e. The molecule has 0 aromatic rings. The summed E-state index contributed by atoms with van der Waals surface area (Å²) < 4.78 is 8.08. The van der Waals surface area contributed by atoms with Gasteiger partial charge in [-0.3, -0.25) is 0 Å². The highest BCUT2D eigenvalue weighted by molar-refractivity contribution is 5.56. The average molecular weight is 152 g/mol. The summed E-state index contributed by atoms with van der Waals surface area (Å²) in [7, 11) is 0. The molecule has 0 fully saturated rings. The first kappa shape index (κ1) is 9.15. The fourth-order valence-electron chi connectivity index (χ4n) is 0.282. The molecular formula is C4H8O6. The second-order valence-electron chi connectivity index (χ2n) is 1.31. The molecule has 0 radical (unpaired) electrons. The molecule has 6 heteroatoms. The summed E-state index contributed by atoms with van der Waals surface area (Å²) in [5, 5.41) is 24.0. The summed E-state index contributed by atoms with van der Waals surface area (Å²) in [4.78, 5) is 9.64. The fourth-order valence-corrected chi connectivity index (χ4v) is 0.282. The zero-order valence-electron chi connectivity index (χ0n) is 5.06. The number of rotatable bonds is 4. The van der Waals surface area contributed by atoms with Crippen molar-refractivity contribution in [3.63, 3.8) is 0 Å². The molecule has 0 aromatic heterocycles. The molecule has 0 aromatic carbocycles. The second-order valence-corrected chi connectivity index (χ2v) is 1.31. The molecule has 60 valence electrons. The van der Waals surface area contributed by atoms with E-state index in [0.717, 1.165) is 0 Å². The Labute approximate surface area is 56.6 Å². The quantitative estimate of drug-likeness (QED) is 0.270. The van der Waals surface area contributed by atoms with Crippen LogP contribution >= 0.6 is 0 Å². The largest absolute Gasteiger partial charge is 0.505 e. The maximum atomic E-state index is 9.64. The van der Waals surface area contributed by atoms with E-state index >= 15 is 0 Å². The number of hydrogen-bond donors (Lipinski definition) is 3. The van der Waals surface area contributed by atoms with Gasteiger partial charge in [0.25, 0.3) is 6.48 Å². The van der Waals surface area contributed by atoms with Crippen molar-refractivity contribution >= 4 is 6.16 Å². The number of carboxylic acid groups (broad SMARTS) is 1. The van der Waals surface area contributed by atoms with Crippen LogP contribution in [0.2, 0.25) is 0 Å². The van der Waals surface area contributed by atoms with Crippen molar-refractivity contribution in [3.8, 4) is 0 Å². The van der Waals surface area contributed by atoms with E-state index in [2.05, 4.69) is 9.47 Å². The Hall–Kier alpha value is -0.850. The minimum Gasteiger partial charge on any atom is -0.450 e. The van der Waals surface area contributed by atoms with Crippen LogP contribution < -0.4 is 0 Å². The molecule has 3 N–H and O–H groups in total. The SMILES string of the molecule is O=C(O)OCCOC(O)O. The summed E-state index contributed by atoms with van der Waals surface area (Å²) in [5.41, 5.74) is 0. The second kappa shape index (κ2) is 4.98. The molecule has 0 spiro atoms. The molecule has 0 saturated heterocycles. The van der Waals surface area contributed by atoms with Gasteiger partial charge in [-0.05, 0) is 0 Å². The standard InChI is InChI=1S/C4H8O6/c5-3(6)9-1-2-10-4(7)8/h3,5-6H,1-2H2,(H,7,8). The number of aliphatic hydroxyl groups is 2. The third-order valence-electron chi connectivity index (χ3n) is 0.576. The highest BCUT2D eigenvalue weighted by Crippen LogP contribution is 1.81. The number of ether oxygens (including phenoxy) is 2. The summed E-state index contributed by atoms with van der Waals surface area (Å²) >= 11 is 0. The van der Waals surface area contributed by atoms with Gasteiger partial charge in [0.15, 0.2) is 0 Å². The van der Waals surface area contributed by atoms with E-state index in [0.29, 0.717) is 0 Å². The third kappa shape index (κ3) is 7.15. The van der Waals surface area contributed by atoms with Gasteiger partial charge in [-0.1, -0.05) is 0 Å².